The highest BCUT2D eigenvalue weighted by atomic mass is 32.1. The highest BCUT2D eigenvalue weighted by Gasteiger charge is 2.34. The van der Waals surface area contributed by atoms with Crippen LogP contribution in [0.25, 0.3) is 0 Å². The summed E-state index contributed by atoms with van der Waals surface area (Å²) < 4.78 is 15.9. The molecule has 0 saturated heterocycles. The van der Waals surface area contributed by atoms with Crippen LogP contribution in [0.5, 0.6) is 5.75 Å². The lowest BCUT2D eigenvalue weighted by molar-refractivity contribution is -0.141. The molecule has 2 aromatic carbocycles. The quantitative estimate of drug-likeness (QED) is 0.0196. The van der Waals surface area contributed by atoms with Gasteiger partial charge in [0.15, 0.2) is 0 Å². The molecular formula is C52H83N12O16PS. The summed E-state index contributed by atoms with van der Waals surface area (Å²) in [7, 11) is -4.89. The summed E-state index contributed by atoms with van der Waals surface area (Å²) in [6, 6.07) is 2.79. The first-order chi connectivity index (χ1) is 38.9. The fourth-order valence-electron chi connectivity index (χ4n) is 8.01. The standard InChI is InChI=1S/C52H83N12O16PS/c1-3-31(2)44(56)51(74)63-39(28-33-18-20-34(21-19-33)80-81(77,78)79)45(68)57-29-42(65)58-38(22-23-43(66)67)49(72)62-40(27-32-13-5-4-6-14-32)50(73)61-36(16-8-11-25-54)47(70)59-35(15-7-10-24-53)46(69)60-37(17-9-12-26-55)48(71)64-41(30-82)52(75)76/h4-6,13-14,18-21,31,35-41,44,82H,3,7-12,15-17,22-30,53-56H2,1-2H3,(H,57,68)(H,58,65)(H,59,70)(H,60,69)(H,61,73)(H,62,72)(H,63,74)(H,64,71)(H,66,67)(H,75,76)(H2,77,78,79)/t31-,35-,36-,37-,38-,39-,40-,41-,44-/m0/s1. The fourth-order valence-corrected chi connectivity index (χ4v) is 8.66. The molecule has 28 nitrogen and oxygen atoms in total. The number of benzene rings is 2. The van der Waals surface area contributed by atoms with Crippen LogP contribution >= 0.6 is 20.5 Å². The van der Waals surface area contributed by atoms with Crippen LogP contribution in [0.15, 0.2) is 54.6 Å². The Morgan fingerprint density at radius 1 is 0.549 bits per heavy atom. The maximum atomic E-state index is 14.5. The third-order valence-electron chi connectivity index (χ3n) is 13.0. The van der Waals surface area contributed by atoms with Crippen LogP contribution < -0.4 is 70.0 Å². The van der Waals surface area contributed by atoms with Crippen LogP contribution in [0.1, 0.15) is 102 Å². The molecule has 9 atom stereocenters. The van der Waals surface area contributed by atoms with Crippen molar-refractivity contribution in [2.45, 2.75) is 152 Å². The first kappa shape index (κ1) is 71.4. The van der Waals surface area contributed by atoms with E-state index in [1.807, 2.05) is 6.92 Å². The Morgan fingerprint density at radius 3 is 1.37 bits per heavy atom. The minimum absolute atomic E-state index is 0.0127. The van der Waals surface area contributed by atoms with Gasteiger partial charge in [-0.05, 0) is 113 Å². The second kappa shape index (κ2) is 38.1. The van der Waals surface area contributed by atoms with E-state index in [0.29, 0.717) is 56.1 Å². The predicted octanol–water partition coefficient (Wildman–Crippen LogP) is -1.91. The van der Waals surface area contributed by atoms with Crippen molar-refractivity contribution >= 4 is 79.6 Å². The molecule has 0 radical (unpaired) electrons. The van der Waals surface area contributed by atoms with E-state index in [2.05, 4.69) is 59.7 Å². The number of carbonyl (C=O) groups is 10. The molecule has 458 valence electrons. The van der Waals surface area contributed by atoms with Gasteiger partial charge >= 0.3 is 19.8 Å². The van der Waals surface area contributed by atoms with Crippen molar-refractivity contribution in [3.05, 3.63) is 65.7 Å². The second-order valence-corrected chi connectivity index (χ2v) is 21.1. The zero-order valence-electron chi connectivity index (χ0n) is 46.2. The monoisotopic (exact) mass is 1190 g/mol. The van der Waals surface area contributed by atoms with E-state index in [1.54, 1.807) is 37.3 Å². The molecule has 0 aliphatic carbocycles. The van der Waals surface area contributed by atoms with Gasteiger partial charge in [-0.25, -0.2) is 9.36 Å². The van der Waals surface area contributed by atoms with Crippen molar-refractivity contribution in [1.29, 1.82) is 0 Å². The minimum atomic E-state index is -4.89. The lowest BCUT2D eigenvalue weighted by atomic mass is 9.98. The number of aliphatic carboxylic acids is 2. The van der Waals surface area contributed by atoms with Gasteiger partial charge in [0.05, 0.1) is 12.6 Å². The van der Waals surface area contributed by atoms with Gasteiger partial charge in [-0.1, -0.05) is 62.7 Å². The number of carboxylic acid groups (broad SMARTS) is 2. The number of thiol groups is 1. The van der Waals surface area contributed by atoms with Crippen molar-refractivity contribution in [3.8, 4) is 5.75 Å². The van der Waals surface area contributed by atoms with Gasteiger partial charge in [0.2, 0.25) is 47.3 Å². The lowest BCUT2D eigenvalue weighted by Gasteiger charge is -2.28. The van der Waals surface area contributed by atoms with Crippen molar-refractivity contribution < 1.29 is 77.0 Å². The molecule has 0 aromatic heterocycles. The minimum Gasteiger partial charge on any atom is -0.481 e. The molecule has 82 heavy (non-hydrogen) atoms. The Morgan fingerprint density at radius 2 is 0.951 bits per heavy atom. The highest BCUT2D eigenvalue weighted by molar-refractivity contribution is 7.80. The molecule has 20 N–H and O–H groups in total. The molecule has 0 saturated carbocycles. The fraction of sp³-hybridized carbons (Fsp3) is 0.577. The van der Waals surface area contributed by atoms with Gasteiger partial charge in [0.1, 0.15) is 48.0 Å². The Kier molecular flexibility index (Phi) is 33.2. The van der Waals surface area contributed by atoms with E-state index in [1.165, 1.54) is 24.3 Å². The van der Waals surface area contributed by atoms with Gasteiger partial charge in [-0.2, -0.15) is 12.6 Å². The van der Waals surface area contributed by atoms with E-state index in [9.17, 15) is 72.5 Å². The molecule has 0 spiro atoms. The topological polar surface area (TPSA) is 478 Å². The maximum absolute atomic E-state index is 14.5. The molecule has 0 aliphatic rings. The number of hydrogen-bond acceptors (Lipinski definition) is 17. The molecule has 2 rings (SSSR count). The largest absolute Gasteiger partial charge is 0.524 e. The number of nitrogens with one attached hydrogen (secondary N) is 8. The van der Waals surface area contributed by atoms with E-state index in [-0.39, 0.29) is 69.2 Å². The number of phosphoric acid groups is 1. The molecule has 2 aromatic rings. The van der Waals surface area contributed by atoms with Crippen LogP contribution in [-0.4, -0.2) is 159 Å². The summed E-state index contributed by atoms with van der Waals surface area (Å²) in [5.41, 5.74) is 24.2. The molecule has 0 heterocycles. The summed E-state index contributed by atoms with van der Waals surface area (Å²) in [4.78, 5) is 153. The van der Waals surface area contributed by atoms with Gasteiger partial charge in [-0.3, -0.25) is 52.9 Å². The number of carboxylic acids is 2. The Labute approximate surface area is 481 Å². The van der Waals surface area contributed by atoms with E-state index in [0.717, 1.165) is 0 Å². The van der Waals surface area contributed by atoms with Gasteiger partial charge < -0.3 is 80.2 Å². The maximum Gasteiger partial charge on any atom is 0.524 e. The summed E-state index contributed by atoms with van der Waals surface area (Å²) in [6.07, 6.45) is 1.41. The summed E-state index contributed by atoms with van der Waals surface area (Å²) >= 11 is 4.00. The van der Waals surface area contributed by atoms with Crippen LogP contribution in [-0.2, 0) is 65.4 Å². The Bertz CT molecular complexity index is 2440. The van der Waals surface area contributed by atoms with Crippen molar-refractivity contribution in [3.63, 3.8) is 0 Å². The number of unbranched alkanes of at least 4 members (excludes halogenated alkanes) is 3. The van der Waals surface area contributed by atoms with Crippen molar-refractivity contribution in [2.75, 3.05) is 31.9 Å². The highest BCUT2D eigenvalue weighted by Crippen LogP contribution is 2.37. The van der Waals surface area contributed by atoms with Gasteiger partial charge in [0, 0.05) is 25.0 Å². The molecule has 0 bridgehead atoms. The van der Waals surface area contributed by atoms with Crippen LogP contribution in [0, 0.1) is 5.92 Å². The zero-order chi connectivity index (χ0) is 61.4. The zero-order valence-corrected chi connectivity index (χ0v) is 48.0. The lowest BCUT2D eigenvalue weighted by Crippen LogP contribution is -2.60. The number of amides is 8. The number of phosphoric ester groups is 1. The molecule has 0 unspecified atom stereocenters. The second-order valence-electron chi connectivity index (χ2n) is 19.5. The number of carbonyl (C=O) groups excluding carboxylic acids is 8. The molecule has 30 heteroatoms. The van der Waals surface area contributed by atoms with E-state index >= 15 is 0 Å². The summed E-state index contributed by atoms with van der Waals surface area (Å²) in [5, 5.41) is 39.4. The Balaban J connectivity index is 2.45. The van der Waals surface area contributed by atoms with Crippen LogP contribution in [0.2, 0.25) is 0 Å². The number of hydrogen-bond donors (Lipinski definition) is 17. The molecule has 0 fully saturated rings. The smallest absolute Gasteiger partial charge is 0.481 e. The number of rotatable bonds is 41. The first-order valence-corrected chi connectivity index (χ1v) is 29.2. The van der Waals surface area contributed by atoms with Crippen LogP contribution in [0.4, 0.5) is 0 Å². The normalized spacial score (nSPS) is 14.5. The van der Waals surface area contributed by atoms with Crippen molar-refractivity contribution in [2.24, 2.45) is 28.9 Å². The molecule has 8 amide bonds. The predicted molar refractivity (Wildman–Crippen MR) is 304 cm³/mol. The van der Waals surface area contributed by atoms with E-state index in [4.69, 9.17) is 22.9 Å². The third-order valence-corrected chi connectivity index (χ3v) is 13.8. The Hall–Kier alpha value is -6.72. The van der Waals surface area contributed by atoms with E-state index < -0.39 is 135 Å². The molecular weight excluding hydrogens is 1110 g/mol. The average molecular weight is 1200 g/mol. The summed E-state index contributed by atoms with van der Waals surface area (Å²) in [6.45, 7) is 3.47. The first-order valence-electron chi connectivity index (χ1n) is 27.0. The molecule has 0 aliphatic heterocycles. The SMILES string of the molecule is CC[C@H](C)[C@H](N)C(=O)N[C@@H](Cc1ccc(OP(=O)(O)O)cc1)C(=O)NCC(=O)N[C@@H](CCC(=O)O)C(=O)N[C@@H](Cc1ccccc1)C(=O)N[C@@H](CCCCN)C(=O)N[C@@H](CCCCN)C(=O)N[C@@H](CCCCN)C(=O)N[C@@H](CS)C(=O)O. The number of nitrogens with two attached hydrogens (primary N) is 4. The van der Waals surface area contributed by atoms with Gasteiger partial charge in [0.25, 0.3) is 0 Å². The third kappa shape index (κ3) is 27.8. The van der Waals surface area contributed by atoms with Gasteiger partial charge in [-0.15, -0.1) is 0 Å². The summed E-state index contributed by atoms with van der Waals surface area (Å²) in [5.74, 6) is -10.3. The average Bonchev–Trinajstić information content (AvgIpc) is 3.45. The van der Waals surface area contributed by atoms with Crippen LogP contribution in [0.3, 0.4) is 0 Å². The van der Waals surface area contributed by atoms with Crippen molar-refractivity contribution in [1.82, 2.24) is 42.5 Å².